The third kappa shape index (κ3) is 5.51. The third-order valence-corrected chi connectivity index (χ3v) is 3.91. The number of halogens is 1. The van der Waals surface area contributed by atoms with Crippen LogP contribution in [-0.4, -0.2) is 70.2 Å². The fourth-order valence-corrected chi connectivity index (χ4v) is 2.70. The molecular weight excluding hydrogens is 447 g/mol. The van der Waals surface area contributed by atoms with Crippen LogP contribution in [0.5, 0.6) is 0 Å². The lowest BCUT2D eigenvalue weighted by Crippen LogP contribution is -2.53. The lowest BCUT2D eigenvalue weighted by atomic mass is 10.3. The molecule has 0 amide bonds. The van der Waals surface area contributed by atoms with Crippen LogP contribution in [0.3, 0.4) is 0 Å². The van der Waals surface area contributed by atoms with E-state index in [4.69, 9.17) is 9.52 Å². The topological polar surface area (TPSA) is 95.6 Å². The fourth-order valence-electron chi connectivity index (χ4n) is 2.70. The van der Waals surface area contributed by atoms with Crippen molar-refractivity contribution in [1.29, 1.82) is 0 Å². The molecular formula is C16H25IN8O. The second-order valence-corrected chi connectivity index (χ2v) is 5.74. The summed E-state index contributed by atoms with van der Waals surface area (Å²) in [6.07, 6.45) is 4.20. The summed E-state index contributed by atoms with van der Waals surface area (Å²) in [5.74, 6) is 3.00. The quantitative estimate of drug-likeness (QED) is 0.393. The zero-order chi connectivity index (χ0) is 17.5. The predicted molar refractivity (Wildman–Crippen MR) is 110 cm³/mol. The van der Waals surface area contributed by atoms with Gasteiger partial charge in [-0.05, 0) is 19.9 Å². The number of guanidine groups is 1. The molecule has 0 aromatic carbocycles. The van der Waals surface area contributed by atoms with Gasteiger partial charge in [-0.15, -0.1) is 24.0 Å². The Bertz CT molecular complexity index is 685. The number of aromatic nitrogens is 4. The van der Waals surface area contributed by atoms with Crippen LogP contribution < -0.4 is 10.2 Å². The largest absolute Gasteiger partial charge is 0.357 e. The van der Waals surface area contributed by atoms with Crippen molar-refractivity contribution in [2.24, 2.45) is 4.99 Å². The molecule has 0 spiro atoms. The van der Waals surface area contributed by atoms with Gasteiger partial charge in [0.15, 0.2) is 11.8 Å². The molecule has 1 aliphatic rings. The highest BCUT2D eigenvalue weighted by atomic mass is 127. The van der Waals surface area contributed by atoms with E-state index in [0.29, 0.717) is 24.7 Å². The first-order valence-corrected chi connectivity index (χ1v) is 8.60. The van der Waals surface area contributed by atoms with Crippen molar-refractivity contribution >= 4 is 35.9 Å². The number of nitrogens with one attached hydrogen (secondary N) is 1. The van der Waals surface area contributed by atoms with Crippen molar-refractivity contribution < 1.29 is 4.52 Å². The molecule has 2 aromatic heterocycles. The van der Waals surface area contributed by atoms with Crippen molar-refractivity contribution in [2.75, 3.05) is 44.2 Å². The van der Waals surface area contributed by atoms with Gasteiger partial charge in [0.05, 0.1) is 6.54 Å². The molecule has 0 saturated carbocycles. The third-order valence-electron chi connectivity index (χ3n) is 3.91. The number of anilines is 1. The maximum absolute atomic E-state index is 5.13. The van der Waals surface area contributed by atoms with Gasteiger partial charge in [0.2, 0.25) is 11.8 Å². The minimum Gasteiger partial charge on any atom is -0.357 e. The van der Waals surface area contributed by atoms with Gasteiger partial charge in [0.25, 0.3) is 0 Å². The van der Waals surface area contributed by atoms with E-state index >= 15 is 0 Å². The Balaban J connectivity index is 0.00000243. The fraction of sp³-hybridized carbons (Fsp3) is 0.562. The van der Waals surface area contributed by atoms with Crippen molar-refractivity contribution in [3.05, 3.63) is 30.2 Å². The smallest absolute Gasteiger partial charge is 0.228 e. The highest BCUT2D eigenvalue weighted by molar-refractivity contribution is 14.0. The van der Waals surface area contributed by atoms with E-state index in [1.807, 2.05) is 13.0 Å². The number of piperazine rings is 1. The molecule has 26 heavy (non-hydrogen) atoms. The molecule has 2 aromatic rings. The number of aryl methyl sites for hydroxylation is 1. The summed E-state index contributed by atoms with van der Waals surface area (Å²) >= 11 is 0. The van der Waals surface area contributed by atoms with Gasteiger partial charge in [-0.3, -0.25) is 4.99 Å². The second-order valence-electron chi connectivity index (χ2n) is 5.74. The molecule has 1 aliphatic heterocycles. The second kappa shape index (κ2) is 10.2. The van der Waals surface area contributed by atoms with Crippen LogP contribution in [0, 0.1) is 6.92 Å². The number of nitrogens with zero attached hydrogens (tertiary/aromatic N) is 7. The van der Waals surface area contributed by atoms with Crippen LogP contribution in [0.25, 0.3) is 0 Å². The van der Waals surface area contributed by atoms with Crippen LogP contribution in [0.1, 0.15) is 18.6 Å². The molecule has 1 saturated heterocycles. The van der Waals surface area contributed by atoms with Crippen LogP contribution in [0.15, 0.2) is 28.0 Å². The molecule has 10 heteroatoms. The predicted octanol–water partition coefficient (Wildman–Crippen LogP) is 1.12. The highest BCUT2D eigenvalue weighted by Gasteiger charge is 2.21. The van der Waals surface area contributed by atoms with Crippen molar-refractivity contribution in [2.45, 2.75) is 20.3 Å². The standard InChI is InChI=1S/C16H24N8O.HI/c1-3-17-15(20-8-5-14-21-13(2)22-25-14)23-9-11-24(12-10-23)16-18-6-4-7-19-16;/h4,6-7H,3,5,8-12H2,1-2H3,(H,17,20);1H. The minimum absolute atomic E-state index is 0. The van der Waals surface area contributed by atoms with E-state index in [9.17, 15) is 0 Å². The Kier molecular flexibility index (Phi) is 8.01. The summed E-state index contributed by atoms with van der Waals surface area (Å²) in [7, 11) is 0. The van der Waals surface area contributed by atoms with Crippen molar-refractivity contribution in [1.82, 2.24) is 30.3 Å². The van der Waals surface area contributed by atoms with E-state index in [-0.39, 0.29) is 24.0 Å². The summed E-state index contributed by atoms with van der Waals surface area (Å²) < 4.78 is 5.13. The van der Waals surface area contributed by atoms with Gasteiger partial charge in [0.1, 0.15) is 0 Å². The summed E-state index contributed by atoms with van der Waals surface area (Å²) in [4.78, 5) is 22.0. The van der Waals surface area contributed by atoms with Crippen LogP contribution in [0.2, 0.25) is 0 Å². The van der Waals surface area contributed by atoms with E-state index in [2.05, 4.69) is 42.1 Å². The summed E-state index contributed by atoms with van der Waals surface area (Å²) in [6.45, 7) is 8.84. The molecule has 0 aliphatic carbocycles. The molecule has 3 rings (SSSR count). The molecule has 0 atom stereocenters. The molecule has 1 fully saturated rings. The molecule has 0 unspecified atom stereocenters. The summed E-state index contributed by atoms with van der Waals surface area (Å²) in [6, 6.07) is 1.83. The molecule has 3 heterocycles. The number of hydrogen-bond donors (Lipinski definition) is 1. The lowest BCUT2D eigenvalue weighted by Gasteiger charge is -2.36. The number of aliphatic imine (C=N–C) groups is 1. The van der Waals surface area contributed by atoms with Crippen LogP contribution in [-0.2, 0) is 6.42 Å². The van der Waals surface area contributed by atoms with Gasteiger partial charge in [0, 0.05) is 51.5 Å². The Labute approximate surface area is 170 Å². The zero-order valence-electron chi connectivity index (χ0n) is 15.1. The first-order valence-electron chi connectivity index (χ1n) is 8.60. The maximum atomic E-state index is 5.13. The molecule has 0 radical (unpaired) electrons. The van der Waals surface area contributed by atoms with E-state index in [1.165, 1.54) is 0 Å². The molecule has 9 nitrogen and oxygen atoms in total. The van der Waals surface area contributed by atoms with E-state index in [0.717, 1.165) is 44.6 Å². The SMILES string of the molecule is CCNC(=NCCc1nc(C)no1)N1CCN(c2ncccn2)CC1.I. The summed E-state index contributed by atoms with van der Waals surface area (Å²) in [5.41, 5.74) is 0. The van der Waals surface area contributed by atoms with Gasteiger partial charge in [-0.25, -0.2) is 9.97 Å². The highest BCUT2D eigenvalue weighted by Crippen LogP contribution is 2.10. The molecule has 0 bridgehead atoms. The van der Waals surface area contributed by atoms with E-state index in [1.54, 1.807) is 12.4 Å². The zero-order valence-corrected chi connectivity index (χ0v) is 17.5. The van der Waals surface area contributed by atoms with Gasteiger partial charge < -0.3 is 19.6 Å². The Hall–Kier alpha value is -1.98. The van der Waals surface area contributed by atoms with Crippen LogP contribution >= 0.6 is 24.0 Å². The summed E-state index contributed by atoms with van der Waals surface area (Å²) in [5, 5.41) is 7.16. The average molecular weight is 472 g/mol. The van der Waals surface area contributed by atoms with Crippen LogP contribution in [0.4, 0.5) is 5.95 Å². The minimum atomic E-state index is 0. The van der Waals surface area contributed by atoms with Crippen molar-refractivity contribution in [3.8, 4) is 0 Å². The first kappa shape index (κ1) is 20.3. The average Bonchev–Trinajstić information content (AvgIpc) is 3.07. The monoisotopic (exact) mass is 472 g/mol. The van der Waals surface area contributed by atoms with E-state index < -0.39 is 0 Å². The Morgan fingerprint density at radius 1 is 1.23 bits per heavy atom. The maximum Gasteiger partial charge on any atom is 0.228 e. The lowest BCUT2D eigenvalue weighted by molar-refractivity contribution is 0.366. The van der Waals surface area contributed by atoms with Crippen molar-refractivity contribution in [3.63, 3.8) is 0 Å². The normalized spacial score (nSPS) is 14.9. The van der Waals surface area contributed by atoms with Gasteiger partial charge in [-0.2, -0.15) is 4.98 Å². The number of rotatable bonds is 5. The first-order chi connectivity index (χ1) is 12.3. The molecule has 142 valence electrons. The Morgan fingerprint density at radius 2 is 1.96 bits per heavy atom. The van der Waals surface area contributed by atoms with Gasteiger partial charge in [-0.1, -0.05) is 5.16 Å². The number of hydrogen-bond acceptors (Lipinski definition) is 7. The Morgan fingerprint density at radius 3 is 2.58 bits per heavy atom. The van der Waals surface area contributed by atoms with Gasteiger partial charge >= 0.3 is 0 Å². The molecule has 1 N–H and O–H groups in total.